The summed E-state index contributed by atoms with van der Waals surface area (Å²) in [6.07, 6.45) is -4.57. The Hall–Kier alpha value is -2.44. The zero-order valence-corrected chi connectivity index (χ0v) is 9.78. The number of alkyl halides is 3. The quantitative estimate of drug-likeness (QED) is 0.858. The van der Waals surface area contributed by atoms with E-state index in [0.717, 1.165) is 30.3 Å². The minimum absolute atomic E-state index is 0.138. The van der Waals surface area contributed by atoms with Crippen LogP contribution in [0.4, 0.5) is 17.6 Å². The lowest BCUT2D eigenvalue weighted by Gasteiger charge is -2.09. The number of benzene rings is 1. The van der Waals surface area contributed by atoms with Gasteiger partial charge in [0.25, 0.3) is 0 Å². The Kier molecular flexibility index (Phi) is 3.44. The third-order valence-electron chi connectivity index (χ3n) is 2.53. The van der Waals surface area contributed by atoms with Crippen LogP contribution >= 0.6 is 0 Å². The first kappa shape index (κ1) is 14.0. The number of aromatic carboxylic acids is 1. The van der Waals surface area contributed by atoms with E-state index in [1.54, 1.807) is 0 Å². The van der Waals surface area contributed by atoms with Crippen molar-refractivity contribution in [2.75, 3.05) is 0 Å². The highest BCUT2D eigenvalue weighted by atomic mass is 19.4. The van der Waals surface area contributed by atoms with Gasteiger partial charge in [0, 0.05) is 5.56 Å². The van der Waals surface area contributed by atoms with Gasteiger partial charge < -0.3 is 5.11 Å². The van der Waals surface area contributed by atoms with Crippen molar-refractivity contribution in [3.05, 3.63) is 53.5 Å². The first-order chi connectivity index (χ1) is 9.29. The molecule has 0 radical (unpaired) electrons. The minimum atomic E-state index is -4.57. The third-order valence-corrected chi connectivity index (χ3v) is 2.53. The molecule has 1 N–H and O–H groups in total. The number of carbonyl (C=O) groups is 1. The molecule has 0 unspecified atom stereocenters. The fourth-order valence-electron chi connectivity index (χ4n) is 1.61. The maximum absolute atomic E-state index is 13.6. The minimum Gasteiger partial charge on any atom is -0.477 e. The van der Waals surface area contributed by atoms with Crippen molar-refractivity contribution in [3.8, 4) is 11.3 Å². The lowest BCUT2D eigenvalue weighted by atomic mass is 10.1. The molecule has 0 aliphatic rings. The smallest absolute Gasteiger partial charge is 0.416 e. The number of pyridine rings is 1. The van der Waals surface area contributed by atoms with Crippen LogP contribution in [0.15, 0.2) is 36.4 Å². The Balaban J connectivity index is 2.57. The van der Waals surface area contributed by atoms with Crippen LogP contribution in [-0.2, 0) is 6.18 Å². The second-order valence-electron chi connectivity index (χ2n) is 3.91. The SMILES string of the molecule is O=C(O)c1ccc(F)c(-c2cccc(C(F)(F)F)c2)n1. The van der Waals surface area contributed by atoms with Crippen molar-refractivity contribution in [1.82, 2.24) is 4.98 Å². The van der Waals surface area contributed by atoms with Crippen molar-refractivity contribution in [2.45, 2.75) is 6.18 Å². The summed E-state index contributed by atoms with van der Waals surface area (Å²) in [6, 6.07) is 5.68. The molecule has 0 saturated carbocycles. The van der Waals surface area contributed by atoms with Crippen LogP contribution in [0.2, 0.25) is 0 Å². The molecule has 1 aromatic carbocycles. The van der Waals surface area contributed by atoms with Gasteiger partial charge in [0.15, 0.2) is 0 Å². The fourth-order valence-corrected chi connectivity index (χ4v) is 1.61. The van der Waals surface area contributed by atoms with Gasteiger partial charge in [-0.2, -0.15) is 13.2 Å². The van der Waals surface area contributed by atoms with Crippen LogP contribution in [0.1, 0.15) is 16.1 Å². The van der Waals surface area contributed by atoms with Crippen LogP contribution < -0.4 is 0 Å². The molecule has 1 aromatic heterocycles. The fraction of sp³-hybridized carbons (Fsp3) is 0.0769. The highest BCUT2D eigenvalue weighted by molar-refractivity contribution is 5.86. The van der Waals surface area contributed by atoms with Crippen LogP contribution in [0.25, 0.3) is 11.3 Å². The van der Waals surface area contributed by atoms with Gasteiger partial charge in [0.05, 0.1) is 5.56 Å². The normalized spacial score (nSPS) is 11.4. The molecule has 0 aliphatic carbocycles. The predicted molar refractivity (Wildman–Crippen MR) is 61.6 cm³/mol. The molecule has 2 rings (SSSR count). The van der Waals surface area contributed by atoms with Crippen molar-refractivity contribution in [3.63, 3.8) is 0 Å². The van der Waals surface area contributed by atoms with Crippen molar-refractivity contribution in [1.29, 1.82) is 0 Å². The van der Waals surface area contributed by atoms with Gasteiger partial charge in [-0.3, -0.25) is 0 Å². The molecular formula is C13H7F4NO2. The van der Waals surface area contributed by atoms with Crippen LogP contribution in [-0.4, -0.2) is 16.1 Å². The van der Waals surface area contributed by atoms with Gasteiger partial charge in [-0.05, 0) is 24.3 Å². The molecule has 7 heteroatoms. The molecule has 104 valence electrons. The molecule has 0 bridgehead atoms. The zero-order valence-electron chi connectivity index (χ0n) is 9.78. The lowest BCUT2D eigenvalue weighted by molar-refractivity contribution is -0.137. The first-order valence-corrected chi connectivity index (χ1v) is 5.36. The van der Waals surface area contributed by atoms with Crippen molar-refractivity contribution in [2.24, 2.45) is 0 Å². The maximum Gasteiger partial charge on any atom is 0.416 e. The summed E-state index contributed by atoms with van der Waals surface area (Å²) in [7, 11) is 0. The number of nitrogens with zero attached hydrogens (tertiary/aromatic N) is 1. The summed E-state index contributed by atoms with van der Waals surface area (Å²) in [4.78, 5) is 14.3. The highest BCUT2D eigenvalue weighted by Crippen LogP contribution is 2.32. The Morgan fingerprint density at radius 3 is 2.45 bits per heavy atom. The number of hydrogen-bond acceptors (Lipinski definition) is 2. The Labute approximate surface area is 110 Å². The number of rotatable bonds is 2. The molecule has 0 atom stereocenters. The monoisotopic (exact) mass is 285 g/mol. The van der Waals surface area contributed by atoms with E-state index in [-0.39, 0.29) is 5.56 Å². The van der Waals surface area contributed by atoms with E-state index < -0.39 is 34.9 Å². The number of hydrogen-bond donors (Lipinski definition) is 1. The standard InChI is InChI=1S/C13H7F4NO2/c14-9-4-5-10(12(19)20)18-11(9)7-2-1-3-8(6-7)13(15,16)17/h1-6H,(H,19,20). The average Bonchev–Trinajstić information content (AvgIpc) is 2.38. The van der Waals surface area contributed by atoms with Crippen LogP contribution in [0.5, 0.6) is 0 Å². The predicted octanol–water partition coefficient (Wildman–Crippen LogP) is 3.60. The molecule has 0 aliphatic heterocycles. The molecule has 3 nitrogen and oxygen atoms in total. The number of carboxylic acid groups (broad SMARTS) is 1. The van der Waals surface area contributed by atoms with Gasteiger partial charge >= 0.3 is 12.1 Å². The van der Waals surface area contributed by atoms with Gasteiger partial charge in [0.1, 0.15) is 17.2 Å². The van der Waals surface area contributed by atoms with Crippen molar-refractivity contribution >= 4 is 5.97 Å². The topological polar surface area (TPSA) is 50.2 Å². The molecule has 2 aromatic rings. The molecule has 0 amide bonds. The van der Waals surface area contributed by atoms with E-state index in [1.807, 2.05) is 0 Å². The second-order valence-corrected chi connectivity index (χ2v) is 3.91. The summed E-state index contributed by atoms with van der Waals surface area (Å²) in [5.74, 6) is -2.28. The number of halogens is 4. The first-order valence-electron chi connectivity index (χ1n) is 5.36. The van der Waals surface area contributed by atoms with E-state index in [0.29, 0.717) is 0 Å². The average molecular weight is 285 g/mol. The zero-order chi connectivity index (χ0) is 14.9. The van der Waals surface area contributed by atoms with Gasteiger partial charge in [-0.15, -0.1) is 0 Å². The third kappa shape index (κ3) is 2.76. The van der Waals surface area contributed by atoms with Crippen molar-refractivity contribution < 1.29 is 27.5 Å². The Bertz CT molecular complexity index is 668. The van der Waals surface area contributed by atoms with E-state index in [9.17, 15) is 22.4 Å². The van der Waals surface area contributed by atoms with E-state index in [4.69, 9.17) is 5.11 Å². The van der Waals surface area contributed by atoms with E-state index >= 15 is 0 Å². The van der Waals surface area contributed by atoms with Crippen LogP contribution in [0, 0.1) is 5.82 Å². The van der Waals surface area contributed by atoms with Gasteiger partial charge in [0.2, 0.25) is 0 Å². The molecule has 0 spiro atoms. The molecule has 0 saturated heterocycles. The summed E-state index contributed by atoms with van der Waals surface area (Å²) >= 11 is 0. The highest BCUT2D eigenvalue weighted by Gasteiger charge is 2.30. The summed E-state index contributed by atoms with van der Waals surface area (Å²) < 4.78 is 51.4. The largest absolute Gasteiger partial charge is 0.477 e. The van der Waals surface area contributed by atoms with Gasteiger partial charge in [-0.25, -0.2) is 14.2 Å². The second kappa shape index (κ2) is 4.92. The number of aromatic nitrogens is 1. The Morgan fingerprint density at radius 2 is 1.85 bits per heavy atom. The summed E-state index contributed by atoms with van der Waals surface area (Å²) in [5, 5.41) is 8.77. The molecule has 1 heterocycles. The summed E-state index contributed by atoms with van der Waals surface area (Å²) in [6.45, 7) is 0. The maximum atomic E-state index is 13.6. The van der Waals surface area contributed by atoms with Gasteiger partial charge in [-0.1, -0.05) is 12.1 Å². The molecule has 20 heavy (non-hydrogen) atoms. The summed E-state index contributed by atoms with van der Waals surface area (Å²) in [5.41, 5.74) is -1.98. The van der Waals surface area contributed by atoms with E-state index in [2.05, 4.69) is 4.98 Å². The van der Waals surface area contributed by atoms with E-state index in [1.165, 1.54) is 6.07 Å². The number of carboxylic acids is 1. The molecule has 0 fully saturated rings. The molecular weight excluding hydrogens is 278 g/mol. The Morgan fingerprint density at radius 1 is 1.15 bits per heavy atom. The van der Waals surface area contributed by atoms with Crippen LogP contribution in [0.3, 0.4) is 0 Å². The lowest BCUT2D eigenvalue weighted by Crippen LogP contribution is -2.06.